The third-order valence-corrected chi connectivity index (χ3v) is 3.99. The second-order valence-electron chi connectivity index (χ2n) is 3.21. The van der Waals surface area contributed by atoms with Crippen LogP contribution in [0.2, 0.25) is 0 Å². The summed E-state index contributed by atoms with van der Waals surface area (Å²) < 4.78 is 1.14. The van der Waals surface area contributed by atoms with E-state index in [9.17, 15) is 4.79 Å². The molecule has 1 aromatic carbocycles. The van der Waals surface area contributed by atoms with E-state index in [-0.39, 0.29) is 4.88 Å². The van der Waals surface area contributed by atoms with E-state index in [2.05, 4.69) is 22.6 Å². The van der Waals surface area contributed by atoms with Gasteiger partial charge in [-0.05, 0) is 46.4 Å². The molecular formula is C11H8INO2S. The molecule has 1 aromatic heterocycles. The van der Waals surface area contributed by atoms with Crippen molar-refractivity contribution in [2.75, 3.05) is 5.73 Å². The van der Waals surface area contributed by atoms with Crippen LogP contribution in [0, 0.1) is 3.57 Å². The van der Waals surface area contributed by atoms with E-state index in [0.717, 1.165) is 14.0 Å². The van der Waals surface area contributed by atoms with Gasteiger partial charge in [-0.3, -0.25) is 0 Å². The van der Waals surface area contributed by atoms with Gasteiger partial charge in [0.1, 0.15) is 4.88 Å². The first-order valence-electron chi connectivity index (χ1n) is 4.46. The Labute approximate surface area is 110 Å². The molecule has 1 heterocycles. The molecule has 0 saturated heterocycles. The van der Waals surface area contributed by atoms with Crippen molar-refractivity contribution in [3.05, 3.63) is 38.8 Å². The van der Waals surface area contributed by atoms with Gasteiger partial charge in [-0.2, -0.15) is 0 Å². The van der Waals surface area contributed by atoms with Gasteiger partial charge >= 0.3 is 5.97 Å². The van der Waals surface area contributed by atoms with Gasteiger partial charge in [0, 0.05) is 8.45 Å². The number of carboxylic acid groups (broad SMARTS) is 1. The van der Waals surface area contributed by atoms with Crippen LogP contribution in [-0.2, 0) is 0 Å². The summed E-state index contributed by atoms with van der Waals surface area (Å²) in [5.74, 6) is -0.973. The molecule has 2 rings (SSSR count). The minimum atomic E-state index is -0.973. The van der Waals surface area contributed by atoms with Crippen molar-refractivity contribution in [1.29, 1.82) is 0 Å². The van der Waals surface area contributed by atoms with Crippen molar-refractivity contribution in [1.82, 2.24) is 0 Å². The molecule has 0 fully saturated rings. The van der Waals surface area contributed by atoms with E-state index in [1.54, 1.807) is 6.07 Å². The monoisotopic (exact) mass is 345 g/mol. The van der Waals surface area contributed by atoms with E-state index in [1.165, 1.54) is 11.3 Å². The molecule has 0 radical (unpaired) electrons. The SMILES string of the molecule is Nc1cc(-c2ccc(I)cc2)sc1C(=O)O. The fourth-order valence-electron chi connectivity index (χ4n) is 1.33. The average Bonchev–Trinajstić information content (AvgIpc) is 2.61. The maximum atomic E-state index is 10.8. The van der Waals surface area contributed by atoms with Gasteiger partial charge < -0.3 is 10.8 Å². The second-order valence-corrected chi connectivity index (χ2v) is 5.50. The minimum Gasteiger partial charge on any atom is -0.477 e. The van der Waals surface area contributed by atoms with Crippen molar-refractivity contribution in [2.24, 2.45) is 0 Å². The molecule has 3 nitrogen and oxygen atoms in total. The van der Waals surface area contributed by atoms with Crippen molar-refractivity contribution in [3.8, 4) is 10.4 Å². The maximum absolute atomic E-state index is 10.8. The zero-order chi connectivity index (χ0) is 11.7. The van der Waals surface area contributed by atoms with Gasteiger partial charge in [0.15, 0.2) is 0 Å². The Morgan fingerprint density at radius 3 is 2.44 bits per heavy atom. The highest BCUT2D eigenvalue weighted by Crippen LogP contribution is 2.33. The number of hydrogen-bond donors (Lipinski definition) is 2. The Morgan fingerprint density at radius 1 is 1.31 bits per heavy atom. The summed E-state index contributed by atoms with van der Waals surface area (Å²) >= 11 is 3.42. The predicted molar refractivity (Wildman–Crippen MR) is 73.8 cm³/mol. The lowest BCUT2D eigenvalue weighted by molar-refractivity contribution is 0.0703. The number of aromatic carboxylic acids is 1. The summed E-state index contributed by atoms with van der Waals surface area (Å²) in [5, 5.41) is 8.90. The van der Waals surface area contributed by atoms with Gasteiger partial charge in [0.05, 0.1) is 5.69 Å². The first kappa shape index (κ1) is 11.4. The quantitative estimate of drug-likeness (QED) is 0.821. The average molecular weight is 345 g/mol. The van der Waals surface area contributed by atoms with Crippen LogP contribution in [0.1, 0.15) is 9.67 Å². The Bertz CT molecular complexity index is 533. The molecule has 0 spiro atoms. The van der Waals surface area contributed by atoms with Gasteiger partial charge in [0.25, 0.3) is 0 Å². The molecule has 0 amide bonds. The number of carbonyl (C=O) groups is 1. The predicted octanol–water partition coefficient (Wildman–Crippen LogP) is 3.30. The van der Waals surface area contributed by atoms with Crippen LogP contribution >= 0.6 is 33.9 Å². The molecule has 0 atom stereocenters. The third kappa shape index (κ3) is 2.19. The van der Waals surface area contributed by atoms with Crippen molar-refractivity contribution in [3.63, 3.8) is 0 Å². The topological polar surface area (TPSA) is 63.3 Å². The number of rotatable bonds is 2. The Hall–Kier alpha value is -1.08. The smallest absolute Gasteiger partial charge is 0.348 e. The fraction of sp³-hybridized carbons (Fsp3) is 0. The first-order chi connectivity index (χ1) is 7.58. The van der Waals surface area contributed by atoms with Gasteiger partial charge in [-0.25, -0.2) is 4.79 Å². The largest absolute Gasteiger partial charge is 0.477 e. The number of nitrogen functional groups attached to an aromatic ring is 1. The van der Waals surface area contributed by atoms with E-state index in [1.807, 2.05) is 24.3 Å². The number of thiophene rings is 1. The molecule has 5 heteroatoms. The number of carboxylic acids is 1. The Morgan fingerprint density at radius 2 is 1.94 bits per heavy atom. The van der Waals surface area contributed by atoms with Crippen LogP contribution in [0.5, 0.6) is 0 Å². The standard InChI is InChI=1S/C11H8INO2S/c12-7-3-1-6(2-4-7)9-5-8(13)10(16-9)11(14)15/h1-5H,13H2,(H,14,15). The number of hydrogen-bond acceptors (Lipinski definition) is 3. The lowest BCUT2D eigenvalue weighted by Gasteiger charge is -1.96. The lowest BCUT2D eigenvalue weighted by atomic mass is 10.2. The van der Waals surface area contributed by atoms with Crippen LogP contribution in [0.25, 0.3) is 10.4 Å². The molecule has 2 aromatic rings. The molecule has 0 aliphatic carbocycles. The molecule has 0 unspecified atom stereocenters. The summed E-state index contributed by atoms with van der Waals surface area (Å²) in [5.41, 5.74) is 6.95. The van der Waals surface area contributed by atoms with E-state index < -0.39 is 5.97 Å². The second kappa shape index (κ2) is 4.42. The number of nitrogens with two attached hydrogens (primary N) is 1. The molecular weight excluding hydrogens is 337 g/mol. The number of halogens is 1. The summed E-state index contributed by atoms with van der Waals surface area (Å²) in [4.78, 5) is 11.9. The summed E-state index contributed by atoms with van der Waals surface area (Å²) in [6.07, 6.45) is 0. The van der Waals surface area contributed by atoms with Gasteiger partial charge in [0.2, 0.25) is 0 Å². The van der Waals surface area contributed by atoms with Crippen LogP contribution in [0.4, 0.5) is 5.69 Å². The zero-order valence-corrected chi connectivity index (χ0v) is 11.1. The molecule has 0 saturated carbocycles. The molecule has 82 valence electrons. The normalized spacial score (nSPS) is 10.3. The Balaban J connectivity index is 2.45. The molecule has 3 N–H and O–H groups in total. The molecule has 0 bridgehead atoms. The molecule has 0 aliphatic heterocycles. The van der Waals surface area contributed by atoms with Gasteiger partial charge in [-0.15, -0.1) is 11.3 Å². The number of anilines is 1. The maximum Gasteiger partial charge on any atom is 0.348 e. The highest BCUT2D eigenvalue weighted by Gasteiger charge is 2.13. The molecule has 16 heavy (non-hydrogen) atoms. The van der Waals surface area contributed by atoms with Crippen LogP contribution in [-0.4, -0.2) is 11.1 Å². The summed E-state index contributed by atoms with van der Waals surface area (Å²) in [7, 11) is 0. The fourth-order valence-corrected chi connectivity index (χ4v) is 2.61. The highest BCUT2D eigenvalue weighted by atomic mass is 127. The van der Waals surface area contributed by atoms with E-state index in [0.29, 0.717) is 5.69 Å². The van der Waals surface area contributed by atoms with Crippen molar-refractivity contribution >= 4 is 45.6 Å². The van der Waals surface area contributed by atoms with Crippen LogP contribution in [0.15, 0.2) is 30.3 Å². The number of benzene rings is 1. The van der Waals surface area contributed by atoms with Crippen molar-refractivity contribution in [2.45, 2.75) is 0 Å². The summed E-state index contributed by atoms with van der Waals surface area (Å²) in [6, 6.07) is 9.58. The Kier molecular flexibility index (Phi) is 3.15. The van der Waals surface area contributed by atoms with Crippen LogP contribution < -0.4 is 5.73 Å². The van der Waals surface area contributed by atoms with Crippen molar-refractivity contribution < 1.29 is 9.90 Å². The molecule has 0 aliphatic rings. The van der Waals surface area contributed by atoms with Gasteiger partial charge in [-0.1, -0.05) is 12.1 Å². The van der Waals surface area contributed by atoms with E-state index >= 15 is 0 Å². The zero-order valence-electron chi connectivity index (χ0n) is 8.11. The summed E-state index contributed by atoms with van der Waals surface area (Å²) in [6.45, 7) is 0. The van der Waals surface area contributed by atoms with E-state index in [4.69, 9.17) is 10.8 Å². The third-order valence-electron chi connectivity index (χ3n) is 2.08. The lowest BCUT2D eigenvalue weighted by Crippen LogP contribution is -1.96. The first-order valence-corrected chi connectivity index (χ1v) is 6.36. The minimum absolute atomic E-state index is 0.202. The highest BCUT2D eigenvalue weighted by molar-refractivity contribution is 14.1. The van der Waals surface area contributed by atoms with Crippen LogP contribution in [0.3, 0.4) is 0 Å².